The molecular weight excluding hydrogens is 293 g/mol. The Kier molecular flexibility index (Phi) is 3.00. The fourth-order valence-corrected chi connectivity index (χ4v) is 2.61. The van der Waals surface area contributed by atoms with E-state index in [1.54, 1.807) is 11.1 Å². The van der Waals surface area contributed by atoms with E-state index in [2.05, 4.69) is 20.8 Å². The molecule has 0 aromatic rings. The van der Waals surface area contributed by atoms with Crippen molar-refractivity contribution < 1.29 is 46.9 Å². The number of allylic oxidation sites excluding steroid dienone is 2. The molecule has 0 saturated heterocycles. The van der Waals surface area contributed by atoms with Crippen LogP contribution >= 0.6 is 0 Å². The van der Waals surface area contributed by atoms with E-state index >= 15 is 0 Å². The van der Waals surface area contributed by atoms with E-state index in [0.717, 1.165) is 5.92 Å². The summed E-state index contributed by atoms with van der Waals surface area (Å²) in [6, 6.07) is 0. The van der Waals surface area contributed by atoms with Crippen molar-refractivity contribution in [1.82, 2.24) is 0 Å². The van der Waals surface area contributed by atoms with Gasteiger partial charge in [-0.25, -0.2) is 0 Å². The predicted molar refractivity (Wildman–Crippen MR) is 43.8 cm³/mol. The molecule has 2 bridgehead atoms. The van der Waals surface area contributed by atoms with Crippen molar-refractivity contribution in [3.63, 3.8) is 0 Å². The zero-order valence-electron chi connectivity index (χ0n) is 7.47. The largest absolute Gasteiger partial charge is 0.0735 e. The number of hydrogen-bond donors (Lipinski definition) is 0. The van der Waals surface area contributed by atoms with Gasteiger partial charge in [0.25, 0.3) is 0 Å². The van der Waals surface area contributed by atoms with E-state index in [1.165, 1.54) is 19.3 Å². The molecule has 0 radical (unpaired) electrons. The summed E-state index contributed by atoms with van der Waals surface area (Å²) in [5.41, 5.74) is 4.04. The van der Waals surface area contributed by atoms with E-state index in [9.17, 15) is 0 Å². The number of rotatable bonds is 0. The van der Waals surface area contributed by atoms with Gasteiger partial charge >= 0.3 is 0 Å². The van der Waals surface area contributed by atoms with Crippen LogP contribution in [-0.2, 0) is 0 Å². The molecule has 70 valence electrons. The molecule has 0 aliphatic heterocycles. The van der Waals surface area contributed by atoms with Crippen LogP contribution in [0.1, 0.15) is 40.0 Å². The summed E-state index contributed by atoms with van der Waals surface area (Å²) in [6.45, 7) is 7.12. The van der Waals surface area contributed by atoms with Crippen LogP contribution in [0.2, 0.25) is 0 Å². The van der Waals surface area contributed by atoms with Gasteiger partial charge in [0.1, 0.15) is 0 Å². The molecule has 0 aromatic heterocycles. The third kappa shape index (κ3) is 1.40. The molecule has 3 aliphatic rings. The Morgan fingerprint density at radius 2 is 2.00 bits per heavy atom. The smallest absolute Gasteiger partial charge is 0 e. The SMILES string of the molecule is CC1=C2CC(CC1)C2(C)C.[Yb]. The van der Waals surface area contributed by atoms with Crippen LogP contribution in [-0.4, -0.2) is 0 Å². The Morgan fingerprint density at radius 3 is 2.27 bits per heavy atom. The second kappa shape index (κ2) is 3.20. The number of hydrogen-bond acceptors (Lipinski definition) is 0. The maximum absolute atomic E-state index is 2.40. The molecule has 0 nitrogen and oxygen atoms in total. The van der Waals surface area contributed by atoms with Gasteiger partial charge in [0.05, 0.1) is 0 Å². The summed E-state index contributed by atoms with van der Waals surface area (Å²) >= 11 is 0. The van der Waals surface area contributed by atoms with E-state index in [0.29, 0.717) is 5.41 Å². The molecule has 1 fully saturated rings. The average molecular weight is 309 g/mol. The van der Waals surface area contributed by atoms with Crippen LogP contribution < -0.4 is 0 Å². The van der Waals surface area contributed by atoms with Crippen molar-refractivity contribution in [2.45, 2.75) is 40.0 Å². The summed E-state index contributed by atoms with van der Waals surface area (Å²) in [5, 5.41) is 0. The summed E-state index contributed by atoms with van der Waals surface area (Å²) < 4.78 is 0. The van der Waals surface area contributed by atoms with Gasteiger partial charge in [0.15, 0.2) is 0 Å². The third-order valence-corrected chi connectivity index (χ3v) is 3.63. The summed E-state index contributed by atoms with van der Waals surface area (Å²) in [5.74, 6) is 1.02. The zero-order valence-corrected chi connectivity index (χ0v) is 9.18. The van der Waals surface area contributed by atoms with E-state index in [1.807, 2.05) is 0 Å². The Morgan fingerprint density at radius 1 is 1.36 bits per heavy atom. The first-order chi connectivity index (χ1) is 4.62. The fraction of sp³-hybridized carbons (Fsp3) is 0.800. The molecule has 11 heavy (non-hydrogen) atoms. The van der Waals surface area contributed by atoms with Crippen LogP contribution in [0.15, 0.2) is 11.1 Å². The van der Waals surface area contributed by atoms with Crippen LogP contribution in [0.3, 0.4) is 0 Å². The average Bonchev–Trinajstić information content (AvgIpc) is 1.87. The van der Waals surface area contributed by atoms with Crippen LogP contribution in [0, 0.1) is 58.3 Å². The second-order valence-corrected chi connectivity index (χ2v) is 4.42. The monoisotopic (exact) mass is 310 g/mol. The molecule has 0 amide bonds. The molecule has 3 rings (SSSR count). The molecular formula is C10H16Yb. The Labute approximate surface area is 108 Å². The van der Waals surface area contributed by atoms with Gasteiger partial charge in [-0.3, -0.25) is 0 Å². The standard InChI is InChI=1S/C10H16.Yb/c1-7-4-5-8-6-9(7)10(8,2)3;/h8H,4-6H2,1-3H3;. The van der Waals surface area contributed by atoms with E-state index in [-0.39, 0.29) is 46.9 Å². The molecule has 0 aromatic carbocycles. The molecule has 0 N–H and O–H groups in total. The topological polar surface area (TPSA) is 0 Å². The van der Waals surface area contributed by atoms with Gasteiger partial charge in [-0.2, -0.15) is 0 Å². The van der Waals surface area contributed by atoms with Gasteiger partial charge in [-0.05, 0) is 37.5 Å². The Hall–Kier alpha value is 1.26. The Balaban J connectivity index is 0.000000605. The zero-order chi connectivity index (χ0) is 7.35. The minimum atomic E-state index is 0. The molecule has 3 aliphatic carbocycles. The molecule has 0 spiro atoms. The molecule has 1 atom stereocenters. The molecule has 1 saturated carbocycles. The van der Waals surface area contributed by atoms with Crippen LogP contribution in [0.5, 0.6) is 0 Å². The minimum absolute atomic E-state index is 0. The first-order valence-corrected chi connectivity index (χ1v) is 4.31. The summed E-state index contributed by atoms with van der Waals surface area (Å²) in [7, 11) is 0. The van der Waals surface area contributed by atoms with E-state index in [4.69, 9.17) is 0 Å². The molecule has 1 heteroatoms. The molecule has 0 heterocycles. The van der Waals surface area contributed by atoms with Gasteiger partial charge in [0.2, 0.25) is 0 Å². The molecule has 1 unspecified atom stereocenters. The second-order valence-electron chi connectivity index (χ2n) is 4.42. The normalized spacial score (nSPS) is 32.5. The third-order valence-electron chi connectivity index (χ3n) is 3.63. The van der Waals surface area contributed by atoms with Crippen LogP contribution in [0.25, 0.3) is 0 Å². The first-order valence-electron chi connectivity index (χ1n) is 4.31. The van der Waals surface area contributed by atoms with Gasteiger partial charge in [-0.15, -0.1) is 0 Å². The van der Waals surface area contributed by atoms with Gasteiger partial charge < -0.3 is 0 Å². The Bertz CT molecular complexity index is 201. The van der Waals surface area contributed by atoms with Crippen LogP contribution in [0.4, 0.5) is 0 Å². The minimum Gasteiger partial charge on any atom is -0.0735 e. The maximum atomic E-state index is 2.40. The van der Waals surface area contributed by atoms with Gasteiger partial charge in [-0.1, -0.05) is 25.0 Å². The van der Waals surface area contributed by atoms with Crippen molar-refractivity contribution >= 4 is 0 Å². The summed E-state index contributed by atoms with van der Waals surface area (Å²) in [6.07, 6.45) is 4.24. The maximum Gasteiger partial charge on any atom is 0 e. The van der Waals surface area contributed by atoms with Crippen molar-refractivity contribution in [3.8, 4) is 0 Å². The van der Waals surface area contributed by atoms with Crippen molar-refractivity contribution in [2.75, 3.05) is 0 Å². The van der Waals surface area contributed by atoms with E-state index < -0.39 is 0 Å². The number of fused-ring (bicyclic) bond motifs is 2. The first kappa shape index (κ1) is 10.3. The summed E-state index contributed by atoms with van der Waals surface area (Å²) in [4.78, 5) is 0. The quantitative estimate of drug-likeness (QED) is 0.603. The van der Waals surface area contributed by atoms with Crippen molar-refractivity contribution in [3.05, 3.63) is 11.1 Å². The van der Waals surface area contributed by atoms with Crippen molar-refractivity contribution in [1.29, 1.82) is 0 Å². The fourth-order valence-electron chi connectivity index (χ4n) is 2.61. The van der Waals surface area contributed by atoms with Crippen molar-refractivity contribution in [2.24, 2.45) is 11.3 Å². The predicted octanol–water partition coefficient (Wildman–Crippen LogP) is 3.14. The van der Waals surface area contributed by atoms with Gasteiger partial charge in [0, 0.05) is 46.9 Å².